The van der Waals surface area contributed by atoms with Crippen LogP contribution in [-0.2, 0) is 11.3 Å². The van der Waals surface area contributed by atoms with Gasteiger partial charge in [-0.15, -0.1) is 0 Å². The minimum Gasteiger partial charge on any atom is -0.337 e. The van der Waals surface area contributed by atoms with Crippen molar-refractivity contribution in [3.8, 4) is 17.3 Å². The van der Waals surface area contributed by atoms with E-state index in [1.807, 2.05) is 13.8 Å². The summed E-state index contributed by atoms with van der Waals surface area (Å²) in [6.45, 7) is 5.60. The van der Waals surface area contributed by atoms with Gasteiger partial charge >= 0.3 is 6.18 Å². The maximum absolute atomic E-state index is 13.2. The van der Waals surface area contributed by atoms with Gasteiger partial charge in [0.15, 0.2) is 5.16 Å². The molecular weight excluding hydrogens is 401 g/mol. The van der Waals surface area contributed by atoms with E-state index >= 15 is 0 Å². The molecule has 0 aliphatic heterocycles. The van der Waals surface area contributed by atoms with Crippen molar-refractivity contribution in [3.05, 3.63) is 36.5 Å². The van der Waals surface area contributed by atoms with E-state index < -0.39 is 29.4 Å². The first kappa shape index (κ1) is 22.8. The highest BCUT2D eigenvalue weighted by molar-refractivity contribution is 8.00. The van der Waals surface area contributed by atoms with Crippen LogP contribution in [0.1, 0.15) is 27.7 Å². The van der Waals surface area contributed by atoms with Gasteiger partial charge in [-0.05, 0) is 25.3 Å². The maximum Gasteiger partial charge on any atom is 0.406 e. The van der Waals surface area contributed by atoms with Crippen LogP contribution in [0.25, 0.3) is 11.3 Å². The number of amides is 1. The Bertz CT molecular complexity index is 889. The Morgan fingerprint density at radius 2 is 1.90 bits per heavy atom. The van der Waals surface area contributed by atoms with Crippen molar-refractivity contribution in [1.82, 2.24) is 14.9 Å². The lowest BCUT2D eigenvalue weighted by atomic mass is 9.90. The lowest BCUT2D eigenvalue weighted by Gasteiger charge is -2.28. The van der Waals surface area contributed by atoms with Gasteiger partial charge in [0.05, 0.1) is 23.2 Å². The van der Waals surface area contributed by atoms with Gasteiger partial charge in [-0.2, -0.15) is 18.4 Å². The number of nitrogens with zero attached hydrogens (tertiary/aromatic N) is 3. The number of halogens is 3. The summed E-state index contributed by atoms with van der Waals surface area (Å²) in [6.07, 6.45) is -3.07. The number of nitriles is 1. The molecule has 0 bridgehead atoms. The molecule has 29 heavy (non-hydrogen) atoms. The van der Waals surface area contributed by atoms with Gasteiger partial charge in [0, 0.05) is 0 Å². The fourth-order valence-electron chi connectivity index (χ4n) is 2.49. The molecule has 1 aromatic heterocycles. The summed E-state index contributed by atoms with van der Waals surface area (Å²) in [4.78, 5) is 16.7. The van der Waals surface area contributed by atoms with Crippen LogP contribution in [-0.4, -0.2) is 32.4 Å². The van der Waals surface area contributed by atoms with E-state index in [9.17, 15) is 23.2 Å². The van der Waals surface area contributed by atoms with Gasteiger partial charge in [0.2, 0.25) is 5.91 Å². The molecule has 0 fully saturated rings. The first-order chi connectivity index (χ1) is 13.5. The lowest BCUT2D eigenvalue weighted by Crippen LogP contribution is -2.51. The molecule has 0 saturated heterocycles. The molecule has 0 aliphatic rings. The van der Waals surface area contributed by atoms with E-state index in [1.54, 1.807) is 44.2 Å². The number of nitrogens with one attached hydrogen (secondary N) is 1. The molecular formula is C20H23F3N4OS. The first-order valence-corrected chi connectivity index (χ1v) is 9.92. The zero-order valence-corrected chi connectivity index (χ0v) is 17.4. The van der Waals surface area contributed by atoms with Gasteiger partial charge in [0.1, 0.15) is 12.1 Å². The Morgan fingerprint density at radius 3 is 2.41 bits per heavy atom. The van der Waals surface area contributed by atoms with Crippen molar-refractivity contribution in [3.63, 3.8) is 0 Å². The predicted octanol–water partition coefficient (Wildman–Crippen LogP) is 4.65. The van der Waals surface area contributed by atoms with Crippen LogP contribution >= 0.6 is 11.8 Å². The summed E-state index contributed by atoms with van der Waals surface area (Å²) in [5, 5.41) is 11.4. The van der Waals surface area contributed by atoms with Crippen LogP contribution in [0.2, 0.25) is 0 Å². The molecule has 0 radical (unpaired) electrons. The van der Waals surface area contributed by atoms with Crippen molar-refractivity contribution in [2.75, 3.05) is 0 Å². The monoisotopic (exact) mass is 424 g/mol. The third kappa shape index (κ3) is 5.76. The molecule has 2 atom stereocenters. The van der Waals surface area contributed by atoms with Crippen molar-refractivity contribution in [1.29, 1.82) is 5.26 Å². The molecule has 5 nitrogen and oxygen atoms in total. The molecule has 2 unspecified atom stereocenters. The van der Waals surface area contributed by atoms with Crippen LogP contribution in [0.4, 0.5) is 13.2 Å². The number of hydrogen-bond donors (Lipinski definition) is 1. The van der Waals surface area contributed by atoms with E-state index in [0.717, 1.165) is 16.3 Å². The number of aromatic nitrogens is 2. The molecule has 1 amide bonds. The highest BCUT2D eigenvalue weighted by Gasteiger charge is 2.34. The van der Waals surface area contributed by atoms with E-state index in [4.69, 9.17) is 0 Å². The topological polar surface area (TPSA) is 70.7 Å². The number of carbonyl (C=O) groups excluding carboxylic acids is 1. The average Bonchev–Trinajstić information content (AvgIpc) is 3.02. The van der Waals surface area contributed by atoms with Gasteiger partial charge in [-0.1, -0.05) is 55.9 Å². The number of rotatable bonds is 7. The zero-order valence-electron chi connectivity index (χ0n) is 16.6. The summed E-state index contributed by atoms with van der Waals surface area (Å²) in [7, 11) is 0. The van der Waals surface area contributed by atoms with Gasteiger partial charge in [0.25, 0.3) is 0 Å². The number of imidazole rings is 1. The van der Waals surface area contributed by atoms with E-state index in [1.165, 1.54) is 6.20 Å². The second-order valence-corrected chi connectivity index (χ2v) is 8.52. The van der Waals surface area contributed by atoms with Crippen molar-refractivity contribution >= 4 is 17.7 Å². The van der Waals surface area contributed by atoms with Crippen LogP contribution < -0.4 is 5.32 Å². The Kier molecular flexibility index (Phi) is 7.01. The third-order valence-corrected chi connectivity index (χ3v) is 5.75. The van der Waals surface area contributed by atoms with Crippen LogP contribution in [0.5, 0.6) is 0 Å². The Morgan fingerprint density at radius 1 is 1.28 bits per heavy atom. The molecule has 0 spiro atoms. The first-order valence-electron chi connectivity index (χ1n) is 9.04. The van der Waals surface area contributed by atoms with E-state index in [-0.39, 0.29) is 11.1 Å². The van der Waals surface area contributed by atoms with E-state index in [2.05, 4.69) is 16.4 Å². The Hall–Kier alpha value is -2.47. The number of alkyl halides is 3. The molecule has 2 aromatic rings. The van der Waals surface area contributed by atoms with Crippen molar-refractivity contribution in [2.24, 2.45) is 5.92 Å². The van der Waals surface area contributed by atoms with Crippen molar-refractivity contribution < 1.29 is 18.0 Å². The molecule has 0 saturated carbocycles. The van der Waals surface area contributed by atoms with Crippen molar-refractivity contribution in [2.45, 2.75) is 56.4 Å². The fraction of sp³-hybridized carbons (Fsp3) is 0.450. The largest absolute Gasteiger partial charge is 0.406 e. The summed E-state index contributed by atoms with van der Waals surface area (Å²) in [5.74, 6) is -0.568. The lowest BCUT2D eigenvalue weighted by molar-refractivity contribution is -0.141. The van der Waals surface area contributed by atoms with Gasteiger partial charge < -0.3 is 9.88 Å². The Balaban J connectivity index is 2.29. The van der Waals surface area contributed by atoms with Gasteiger partial charge in [-0.25, -0.2) is 4.98 Å². The SMILES string of the molecule is CC(Sc1ncc(-c2ccccc2)n1CC(F)(F)F)C(=O)NC(C)(C#N)C(C)C. The normalized spacial score (nSPS) is 14.9. The molecule has 0 aliphatic carbocycles. The summed E-state index contributed by atoms with van der Waals surface area (Å²) in [5.41, 5.74) is -0.144. The highest BCUT2D eigenvalue weighted by Crippen LogP contribution is 2.32. The molecule has 1 N–H and O–H groups in total. The second-order valence-electron chi connectivity index (χ2n) is 7.21. The summed E-state index contributed by atoms with van der Waals surface area (Å²) >= 11 is 0.928. The quantitative estimate of drug-likeness (QED) is 0.657. The van der Waals surface area contributed by atoms with Crippen LogP contribution in [0.15, 0.2) is 41.7 Å². The average molecular weight is 424 g/mol. The predicted molar refractivity (Wildman–Crippen MR) is 106 cm³/mol. The number of carbonyl (C=O) groups is 1. The number of hydrogen-bond acceptors (Lipinski definition) is 4. The minimum atomic E-state index is -4.44. The third-order valence-electron chi connectivity index (χ3n) is 4.65. The molecule has 9 heteroatoms. The number of thioether (sulfide) groups is 1. The van der Waals surface area contributed by atoms with Crippen LogP contribution in [0.3, 0.4) is 0 Å². The summed E-state index contributed by atoms with van der Waals surface area (Å²) in [6, 6.07) is 10.7. The molecule has 156 valence electrons. The smallest absolute Gasteiger partial charge is 0.337 e. The molecule has 1 aromatic carbocycles. The second kappa shape index (κ2) is 8.91. The van der Waals surface area contributed by atoms with Crippen LogP contribution in [0, 0.1) is 17.2 Å². The maximum atomic E-state index is 13.2. The fourth-order valence-corrected chi connectivity index (χ4v) is 3.38. The molecule has 2 rings (SSSR count). The summed E-state index contributed by atoms with van der Waals surface area (Å²) < 4.78 is 40.6. The highest BCUT2D eigenvalue weighted by atomic mass is 32.2. The van der Waals surface area contributed by atoms with Gasteiger partial charge in [-0.3, -0.25) is 4.79 Å². The zero-order chi connectivity index (χ0) is 21.8. The van der Waals surface area contributed by atoms with E-state index in [0.29, 0.717) is 11.3 Å². The number of benzene rings is 1. The Labute approximate surface area is 172 Å². The standard InChI is InChI=1S/C20H23F3N4OS/c1-13(2)19(4,11-24)26-17(28)14(3)29-18-25-10-16(15-8-6-5-7-9-15)27(18)12-20(21,22)23/h5-10,13-14H,12H2,1-4H3,(H,26,28). The molecule has 1 heterocycles. The minimum absolute atomic E-state index is 0.0898.